The van der Waals surface area contributed by atoms with Crippen LogP contribution in [0.4, 0.5) is 0 Å². The first-order chi connectivity index (χ1) is 10.8. The molecule has 0 radical (unpaired) electrons. The van der Waals surface area contributed by atoms with E-state index in [1.165, 1.54) is 0 Å². The van der Waals surface area contributed by atoms with Crippen LogP contribution >= 0.6 is 0 Å². The monoisotopic (exact) mass is 332 g/mol. The second-order valence-electron chi connectivity index (χ2n) is 5.58. The molecule has 0 aliphatic carbocycles. The van der Waals surface area contributed by atoms with Crippen molar-refractivity contribution < 1.29 is 13.2 Å². The number of hydrogen-bond donors (Lipinski definition) is 2. The molecule has 23 heavy (non-hydrogen) atoms. The molecule has 0 spiro atoms. The van der Waals surface area contributed by atoms with E-state index >= 15 is 0 Å². The summed E-state index contributed by atoms with van der Waals surface area (Å²) in [6, 6.07) is 13.5. The van der Waals surface area contributed by atoms with E-state index in [-0.39, 0.29) is 17.4 Å². The van der Waals surface area contributed by atoms with Crippen molar-refractivity contribution in [3.8, 4) is 0 Å². The van der Waals surface area contributed by atoms with Gasteiger partial charge in [0.15, 0.2) is 0 Å². The third-order valence-corrected chi connectivity index (χ3v) is 4.98. The summed E-state index contributed by atoms with van der Waals surface area (Å²) in [6.45, 7) is 3.99. The predicted molar refractivity (Wildman–Crippen MR) is 89.5 cm³/mol. The van der Waals surface area contributed by atoms with E-state index < -0.39 is 15.9 Å². The molecule has 0 fully saturated rings. The highest BCUT2D eigenvalue weighted by molar-refractivity contribution is 7.89. The molecule has 0 atom stereocenters. The van der Waals surface area contributed by atoms with Crippen LogP contribution in [0.3, 0.4) is 0 Å². The fourth-order valence-corrected chi connectivity index (χ4v) is 3.68. The SMILES string of the molecule is CC(C)c1ccccc1S(=O)(=O)NCc1cccc(C(N)=O)c1. The standard InChI is InChI=1S/C17H20N2O3S/c1-12(2)15-8-3-4-9-16(15)23(21,22)19-11-13-6-5-7-14(10-13)17(18)20/h3-10,12,19H,11H2,1-2H3,(H2,18,20). The molecule has 5 nitrogen and oxygen atoms in total. The molecule has 122 valence electrons. The number of carbonyl (C=O) groups excluding carboxylic acids is 1. The number of amides is 1. The Bertz CT molecular complexity index is 814. The fraction of sp³-hybridized carbons (Fsp3) is 0.235. The van der Waals surface area contributed by atoms with E-state index in [2.05, 4.69) is 4.72 Å². The van der Waals surface area contributed by atoms with Crippen LogP contribution < -0.4 is 10.5 Å². The lowest BCUT2D eigenvalue weighted by Gasteiger charge is -2.14. The summed E-state index contributed by atoms with van der Waals surface area (Å²) in [4.78, 5) is 11.5. The highest BCUT2D eigenvalue weighted by Gasteiger charge is 2.19. The Morgan fingerprint density at radius 1 is 1.13 bits per heavy atom. The van der Waals surface area contributed by atoms with Crippen molar-refractivity contribution in [3.63, 3.8) is 0 Å². The van der Waals surface area contributed by atoms with E-state index in [1.807, 2.05) is 26.0 Å². The average Bonchev–Trinajstić information content (AvgIpc) is 2.53. The second kappa shape index (κ2) is 6.93. The Kier molecular flexibility index (Phi) is 5.18. The van der Waals surface area contributed by atoms with Crippen molar-refractivity contribution in [3.05, 3.63) is 65.2 Å². The van der Waals surface area contributed by atoms with Gasteiger partial charge >= 0.3 is 0 Å². The van der Waals surface area contributed by atoms with Crippen molar-refractivity contribution in [2.24, 2.45) is 5.73 Å². The van der Waals surface area contributed by atoms with E-state index in [4.69, 9.17) is 5.73 Å². The maximum absolute atomic E-state index is 12.5. The molecular formula is C17H20N2O3S. The highest BCUT2D eigenvalue weighted by atomic mass is 32.2. The molecule has 0 bridgehead atoms. The van der Waals surface area contributed by atoms with Crippen molar-refractivity contribution in [2.45, 2.75) is 31.2 Å². The third-order valence-electron chi connectivity index (χ3n) is 3.51. The molecule has 0 aliphatic heterocycles. The summed E-state index contributed by atoms with van der Waals surface area (Å²) >= 11 is 0. The minimum atomic E-state index is -3.63. The van der Waals surface area contributed by atoms with Crippen molar-refractivity contribution >= 4 is 15.9 Å². The maximum Gasteiger partial charge on any atom is 0.248 e. The molecule has 0 saturated carbocycles. The first-order valence-electron chi connectivity index (χ1n) is 7.28. The molecule has 3 N–H and O–H groups in total. The van der Waals surface area contributed by atoms with E-state index in [0.29, 0.717) is 11.1 Å². The second-order valence-corrected chi connectivity index (χ2v) is 7.32. The van der Waals surface area contributed by atoms with E-state index in [0.717, 1.165) is 5.56 Å². The number of carbonyl (C=O) groups is 1. The Hall–Kier alpha value is -2.18. The van der Waals surface area contributed by atoms with Gasteiger partial charge in [0.05, 0.1) is 4.90 Å². The van der Waals surface area contributed by atoms with Gasteiger partial charge in [0.2, 0.25) is 15.9 Å². The quantitative estimate of drug-likeness (QED) is 0.851. The van der Waals surface area contributed by atoms with Gasteiger partial charge in [-0.3, -0.25) is 4.79 Å². The summed E-state index contributed by atoms with van der Waals surface area (Å²) in [5.41, 5.74) is 7.02. The van der Waals surface area contributed by atoms with Crippen LogP contribution in [0.15, 0.2) is 53.4 Å². The van der Waals surface area contributed by atoms with Crippen molar-refractivity contribution in [1.82, 2.24) is 4.72 Å². The third kappa shape index (κ3) is 4.18. The Morgan fingerprint density at radius 3 is 2.48 bits per heavy atom. The topological polar surface area (TPSA) is 89.3 Å². The molecule has 6 heteroatoms. The molecule has 2 aromatic rings. The van der Waals surface area contributed by atoms with E-state index in [9.17, 15) is 13.2 Å². The lowest BCUT2D eigenvalue weighted by atomic mass is 10.0. The number of benzene rings is 2. The lowest BCUT2D eigenvalue weighted by molar-refractivity contribution is 0.1000. The Morgan fingerprint density at radius 2 is 1.83 bits per heavy atom. The molecule has 0 unspecified atom stereocenters. The van der Waals surface area contributed by atoms with Crippen LogP contribution in [-0.2, 0) is 16.6 Å². The van der Waals surface area contributed by atoms with Crippen molar-refractivity contribution in [2.75, 3.05) is 0 Å². The highest BCUT2D eigenvalue weighted by Crippen LogP contribution is 2.23. The largest absolute Gasteiger partial charge is 0.366 e. The number of hydrogen-bond acceptors (Lipinski definition) is 3. The zero-order valence-corrected chi connectivity index (χ0v) is 13.9. The molecule has 0 heterocycles. The van der Waals surface area contributed by atoms with Gasteiger partial charge in [-0.2, -0.15) is 0 Å². The fourth-order valence-electron chi connectivity index (χ4n) is 2.29. The number of sulfonamides is 1. The van der Waals surface area contributed by atoms with Crippen LogP contribution in [0.1, 0.15) is 41.3 Å². The first-order valence-corrected chi connectivity index (χ1v) is 8.77. The number of nitrogens with two attached hydrogens (primary N) is 1. The minimum Gasteiger partial charge on any atom is -0.366 e. The Balaban J connectivity index is 2.23. The van der Waals surface area contributed by atoms with Gasteiger partial charge in [-0.15, -0.1) is 0 Å². The van der Waals surface area contributed by atoms with Gasteiger partial charge in [-0.1, -0.05) is 44.2 Å². The zero-order valence-electron chi connectivity index (χ0n) is 13.1. The summed E-state index contributed by atoms with van der Waals surface area (Å²) in [5, 5.41) is 0. The summed E-state index contributed by atoms with van der Waals surface area (Å²) < 4.78 is 27.7. The van der Waals surface area contributed by atoms with E-state index in [1.54, 1.807) is 36.4 Å². The molecule has 2 rings (SSSR count). The number of rotatable bonds is 6. The summed E-state index contributed by atoms with van der Waals surface area (Å²) in [6.07, 6.45) is 0. The van der Waals surface area contributed by atoms with Crippen molar-refractivity contribution in [1.29, 1.82) is 0 Å². The number of nitrogens with one attached hydrogen (secondary N) is 1. The van der Waals surface area contributed by atoms with Gasteiger partial charge in [0.1, 0.15) is 0 Å². The molecule has 0 aliphatic rings. The molecule has 2 aromatic carbocycles. The predicted octanol–water partition coefficient (Wildman–Crippen LogP) is 2.39. The van der Waals surface area contributed by atoms with Crippen LogP contribution in [0.5, 0.6) is 0 Å². The van der Waals surface area contributed by atoms with Crippen LogP contribution in [0.2, 0.25) is 0 Å². The smallest absolute Gasteiger partial charge is 0.248 e. The van der Waals surface area contributed by atoms with Crippen LogP contribution in [0, 0.1) is 0 Å². The maximum atomic E-state index is 12.5. The molecule has 0 aromatic heterocycles. The molecule has 0 saturated heterocycles. The Labute approximate surface area is 136 Å². The molecular weight excluding hydrogens is 312 g/mol. The average molecular weight is 332 g/mol. The lowest BCUT2D eigenvalue weighted by Crippen LogP contribution is -2.24. The van der Waals surface area contributed by atoms with Gasteiger partial charge in [-0.05, 0) is 35.2 Å². The summed E-state index contributed by atoms with van der Waals surface area (Å²) in [5.74, 6) is -0.444. The van der Waals surface area contributed by atoms with Crippen LogP contribution in [0.25, 0.3) is 0 Å². The summed E-state index contributed by atoms with van der Waals surface area (Å²) in [7, 11) is -3.63. The number of primary amides is 1. The minimum absolute atomic E-state index is 0.0931. The van der Waals surface area contributed by atoms with Gasteiger partial charge in [0, 0.05) is 12.1 Å². The normalized spacial score (nSPS) is 11.6. The van der Waals surface area contributed by atoms with Gasteiger partial charge < -0.3 is 5.73 Å². The van der Waals surface area contributed by atoms with Crippen LogP contribution in [-0.4, -0.2) is 14.3 Å². The van der Waals surface area contributed by atoms with Gasteiger partial charge in [-0.25, -0.2) is 13.1 Å². The van der Waals surface area contributed by atoms with Gasteiger partial charge in [0.25, 0.3) is 0 Å². The zero-order chi connectivity index (χ0) is 17.0. The first kappa shape index (κ1) is 17.2. The molecule has 1 amide bonds.